The van der Waals surface area contributed by atoms with Crippen molar-refractivity contribution in [3.05, 3.63) is 35.7 Å². The maximum absolute atomic E-state index is 12.6. The first kappa shape index (κ1) is 18.4. The monoisotopic (exact) mass is 343 g/mol. The highest BCUT2D eigenvalue weighted by atomic mass is 19.4. The van der Waals surface area contributed by atoms with Crippen LogP contribution in [-0.4, -0.2) is 38.8 Å². The van der Waals surface area contributed by atoms with E-state index in [9.17, 15) is 18.3 Å². The second-order valence-corrected chi connectivity index (χ2v) is 5.96. The van der Waals surface area contributed by atoms with Crippen LogP contribution >= 0.6 is 0 Å². The fourth-order valence-electron chi connectivity index (χ4n) is 2.22. The van der Waals surface area contributed by atoms with Gasteiger partial charge in [0.2, 0.25) is 11.7 Å². The van der Waals surface area contributed by atoms with Crippen LogP contribution in [0.1, 0.15) is 32.2 Å². The van der Waals surface area contributed by atoms with Gasteiger partial charge in [-0.05, 0) is 32.9 Å². The molecule has 2 rings (SSSR count). The smallest absolute Gasteiger partial charge is 0.392 e. The Balaban J connectivity index is 2.12. The Bertz CT molecular complexity index is 651. The lowest BCUT2D eigenvalue weighted by atomic mass is 10.1. The highest BCUT2D eigenvalue weighted by Gasteiger charge is 2.30. The van der Waals surface area contributed by atoms with Crippen LogP contribution in [0, 0.1) is 0 Å². The van der Waals surface area contributed by atoms with E-state index in [4.69, 9.17) is 4.52 Å². The summed E-state index contributed by atoms with van der Waals surface area (Å²) in [5.41, 5.74) is -0.275. The van der Waals surface area contributed by atoms with Crippen LogP contribution in [0.4, 0.5) is 13.2 Å². The minimum atomic E-state index is -4.38. The molecule has 1 heterocycles. The number of alkyl halides is 3. The van der Waals surface area contributed by atoms with Crippen LogP contribution in [0.25, 0.3) is 11.4 Å². The zero-order chi connectivity index (χ0) is 17.9. The van der Waals surface area contributed by atoms with E-state index >= 15 is 0 Å². The van der Waals surface area contributed by atoms with E-state index < -0.39 is 17.8 Å². The average molecular weight is 343 g/mol. The molecular formula is C16H20F3N3O2. The number of aliphatic hydroxyl groups excluding tert-OH is 1. The lowest BCUT2D eigenvalue weighted by Gasteiger charge is -2.25. The van der Waals surface area contributed by atoms with E-state index in [1.807, 2.05) is 18.7 Å². The predicted octanol–water partition coefficient (Wildman–Crippen LogP) is 3.35. The van der Waals surface area contributed by atoms with Gasteiger partial charge in [-0.15, -0.1) is 0 Å². The maximum atomic E-state index is 12.6. The first-order valence-corrected chi connectivity index (χ1v) is 7.59. The Labute approximate surface area is 138 Å². The Morgan fingerprint density at radius 2 is 1.79 bits per heavy atom. The first-order valence-electron chi connectivity index (χ1n) is 7.59. The molecule has 0 bridgehead atoms. The fourth-order valence-corrected chi connectivity index (χ4v) is 2.22. The zero-order valence-corrected chi connectivity index (χ0v) is 13.7. The van der Waals surface area contributed by atoms with Crippen molar-refractivity contribution in [3.63, 3.8) is 0 Å². The molecule has 1 atom stereocenters. The lowest BCUT2D eigenvalue weighted by molar-refractivity contribution is -0.137. The molecule has 132 valence electrons. The van der Waals surface area contributed by atoms with E-state index in [0.29, 0.717) is 24.5 Å². The number of hydrogen-bond donors (Lipinski definition) is 1. The van der Waals surface area contributed by atoms with Gasteiger partial charge in [0.25, 0.3) is 0 Å². The topological polar surface area (TPSA) is 62.4 Å². The summed E-state index contributed by atoms with van der Waals surface area (Å²) in [5, 5.41) is 13.3. The normalized spacial score (nSPS) is 13.7. The van der Waals surface area contributed by atoms with Gasteiger partial charge in [-0.3, -0.25) is 4.90 Å². The third-order valence-corrected chi connectivity index (χ3v) is 3.51. The van der Waals surface area contributed by atoms with Gasteiger partial charge < -0.3 is 9.63 Å². The summed E-state index contributed by atoms with van der Waals surface area (Å²) in [5.74, 6) is 0.582. The molecule has 1 N–H and O–H groups in total. The SMILES string of the molecule is CC(O)CN(Cc1nc(-c2ccc(C(F)(F)F)cc2)no1)C(C)C. The van der Waals surface area contributed by atoms with Gasteiger partial charge in [-0.2, -0.15) is 18.2 Å². The van der Waals surface area contributed by atoms with Crippen LogP contribution in [0.2, 0.25) is 0 Å². The van der Waals surface area contributed by atoms with Crippen LogP contribution in [-0.2, 0) is 12.7 Å². The van der Waals surface area contributed by atoms with E-state index in [-0.39, 0.29) is 11.9 Å². The molecule has 0 aliphatic heterocycles. The third kappa shape index (κ3) is 4.78. The van der Waals surface area contributed by atoms with Crippen LogP contribution in [0.5, 0.6) is 0 Å². The molecule has 2 aromatic rings. The molecule has 24 heavy (non-hydrogen) atoms. The molecule has 1 aromatic carbocycles. The first-order chi connectivity index (χ1) is 11.2. The van der Waals surface area contributed by atoms with Crippen molar-refractivity contribution in [2.75, 3.05) is 6.54 Å². The van der Waals surface area contributed by atoms with Gasteiger partial charge in [0.1, 0.15) is 0 Å². The summed E-state index contributed by atoms with van der Waals surface area (Å²) in [7, 11) is 0. The average Bonchev–Trinajstić information content (AvgIpc) is 2.94. The van der Waals surface area contributed by atoms with Gasteiger partial charge in [-0.1, -0.05) is 17.3 Å². The Hall–Kier alpha value is -1.93. The number of aromatic nitrogens is 2. The second-order valence-electron chi connectivity index (χ2n) is 5.96. The van der Waals surface area contributed by atoms with Crippen molar-refractivity contribution in [2.24, 2.45) is 0 Å². The van der Waals surface area contributed by atoms with Gasteiger partial charge in [0, 0.05) is 18.2 Å². The van der Waals surface area contributed by atoms with Gasteiger partial charge in [0.05, 0.1) is 18.2 Å². The summed E-state index contributed by atoms with van der Waals surface area (Å²) >= 11 is 0. The molecule has 0 spiro atoms. The van der Waals surface area contributed by atoms with E-state index in [1.54, 1.807) is 6.92 Å². The van der Waals surface area contributed by atoms with Crippen molar-refractivity contribution in [3.8, 4) is 11.4 Å². The molecule has 1 unspecified atom stereocenters. The molecule has 1 aromatic heterocycles. The van der Waals surface area contributed by atoms with Crippen molar-refractivity contribution in [2.45, 2.75) is 45.6 Å². The maximum Gasteiger partial charge on any atom is 0.416 e. The Morgan fingerprint density at radius 3 is 2.29 bits per heavy atom. The van der Waals surface area contributed by atoms with E-state index in [2.05, 4.69) is 10.1 Å². The second kappa shape index (κ2) is 7.31. The van der Waals surface area contributed by atoms with Crippen molar-refractivity contribution in [1.82, 2.24) is 15.0 Å². The summed E-state index contributed by atoms with van der Waals surface area (Å²) in [6.07, 6.45) is -4.87. The molecule has 8 heteroatoms. The number of hydrogen-bond acceptors (Lipinski definition) is 5. The van der Waals surface area contributed by atoms with Crippen LogP contribution in [0.3, 0.4) is 0 Å². The molecule has 0 aliphatic rings. The molecule has 0 aliphatic carbocycles. The fraction of sp³-hybridized carbons (Fsp3) is 0.500. The van der Waals surface area contributed by atoms with Crippen molar-refractivity contribution in [1.29, 1.82) is 0 Å². The molecule has 0 radical (unpaired) electrons. The summed E-state index contributed by atoms with van der Waals surface area (Å²) in [6.45, 7) is 6.47. The number of rotatable bonds is 6. The molecule has 0 amide bonds. The standard InChI is InChI=1S/C16H20F3N3O2/c1-10(2)22(8-11(3)23)9-14-20-15(21-24-14)12-4-6-13(7-5-12)16(17,18)19/h4-7,10-11,23H,8-9H2,1-3H3. The highest BCUT2D eigenvalue weighted by Crippen LogP contribution is 2.30. The van der Waals surface area contributed by atoms with Crippen LogP contribution in [0.15, 0.2) is 28.8 Å². The third-order valence-electron chi connectivity index (χ3n) is 3.51. The van der Waals surface area contributed by atoms with E-state index in [1.165, 1.54) is 12.1 Å². The summed E-state index contributed by atoms with van der Waals surface area (Å²) in [6, 6.07) is 4.76. The Morgan fingerprint density at radius 1 is 1.17 bits per heavy atom. The summed E-state index contributed by atoms with van der Waals surface area (Å²) in [4.78, 5) is 6.19. The van der Waals surface area contributed by atoms with Crippen LogP contribution < -0.4 is 0 Å². The van der Waals surface area contributed by atoms with E-state index in [0.717, 1.165) is 12.1 Å². The molecular weight excluding hydrogens is 323 g/mol. The van der Waals surface area contributed by atoms with Gasteiger partial charge in [0.15, 0.2) is 0 Å². The summed E-state index contributed by atoms with van der Waals surface area (Å²) < 4.78 is 42.9. The molecule has 0 fully saturated rings. The van der Waals surface area contributed by atoms with Gasteiger partial charge in [-0.25, -0.2) is 0 Å². The number of halogens is 3. The zero-order valence-electron chi connectivity index (χ0n) is 13.7. The Kier molecular flexibility index (Phi) is 5.61. The minimum absolute atomic E-state index is 0.168. The quantitative estimate of drug-likeness (QED) is 0.871. The highest BCUT2D eigenvalue weighted by molar-refractivity contribution is 5.54. The minimum Gasteiger partial charge on any atom is -0.392 e. The number of aliphatic hydroxyl groups is 1. The molecule has 0 saturated carbocycles. The number of nitrogens with zero attached hydrogens (tertiary/aromatic N) is 3. The lowest BCUT2D eigenvalue weighted by Crippen LogP contribution is -2.36. The van der Waals surface area contributed by atoms with Crippen molar-refractivity contribution < 1.29 is 22.8 Å². The van der Waals surface area contributed by atoms with Gasteiger partial charge >= 0.3 is 6.18 Å². The number of benzene rings is 1. The largest absolute Gasteiger partial charge is 0.416 e. The molecule has 0 saturated heterocycles. The predicted molar refractivity (Wildman–Crippen MR) is 82.0 cm³/mol. The van der Waals surface area contributed by atoms with Crippen molar-refractivity contribution >= 4 is 0 Å². The molecule has 5 nitrogen and oxygen atoms in total.